The van der Waals surface area contributed by atoms with Crippen molar-refractivity contribution in [2.24, 2.45) is 0 Å². The number of carbonyl (C=O) groups is 1. The summed E-state index contributed by atoms with van der Waals surface area (Å²) in [6.07, 6.45) is 4.27. The minimum absolute atomic E-state index is 0.365. The molecule has 0 aromatic heterocycles. The van der Waals surface area contributed by atoms with Gasteiger partial charge in [0.15, 0.2) is 0 Å². The first-order valence-corrected chi connectivity index (χ1v) is 5.95. The number of rotatable bonds is 4. The van der Waals surface area contributed by atoms with Crippen LogP contribution in [0.5, 0.6) is 0 Å². The van der Waals surface area contributed by atoms with Gasteiger partial charge in [-0.3, -0.25) is 9.69 Å². The van der Waals surface area contributed by atoms with Crippen LogP contribution >= 0.6 is 0 Å². The zero-order chi connectivity index (χ0) is 10.8. The van der Waals surface area contributed by atoms with Gasteiger partial charge < -0.3 is 10.4 Å². The maximum Gasteiger partial charge on any atom is 0.320 e. The quantitative estimate of drug-likeness (QED) is 0.719. The van der Waals surface area contributed by atoms with E-state index in [1.807, 2.05) is 6.92 Å². The summed E-state index contributed by atoms with van der Waals surface area (Å²) in [5.74, 6) is -0.714. The van der Waals surface area contributed by atoms with E-state index >= 15 is 0 Å². The van der Waals surface area contributed by atoms with E-state index in [-0.39, 0.29) is 6.04 Å². The average Bonchev–Trinajstić information content (AvgIpc) is 2.76. The summed E-state index contributed by atoms with van der Waals surface area (Å²) in [5, 5.41) is 12.3. The fourth-order valence-corrected chi connectivity index (χ4v) is 2.90. The molecule has 4 nitrogen and oxygen atoms in total. The molecule has 2 N–H and O–H groups in total. The lowest BCUT2D eigenvalue weighted by Gasteiger charge is -2.24. The lowest BCUT2D eigenvalue weighted by atomic mass is 10.0. The van der Waals surface area contributed by atoms with E-state index in [1.54, 1.807) is 0 Å². The van der Waals surface area contributed by atoms with Gasteiger partial charge >= 0.3 is 5.97 Å². The van der Waals surface area contributed by atoms with Crippen molar-refractivity contribution in [2.75, 3.05) is 13.1 Å². The Hall–Kier alpha value is -0.610. The van der Waals surface area contributed by atoms with Gasteiger partial charge in [-0.05, 0) is 32.2 Å². The summed E-state index contributed by atoms with van der Waals surface area (Å²) in [4.78, 5) is 13.4. The molecule has 0 amide bonds. The van der Waals surface area contributed by atoms with E-state index < -0.39 is 5.97 Å². The third-order valence-electron chi connectivity index (χ3n) is 3.73. The lowest BCUT2D eigenvalue weighted by molar-refractivity contribution is -0.139. The Labute approximate surface area is 90.6 Å². The van der Waals surface area contributed by atoms with Crippen LogP contribution in [-0.4, -0.2) is 47.2 Å². The van der Waals surface area contributed by atoms with Gasteiger partial charge in [0.05, 0.1) is 0 Å². The second kappa shape index (κ2) is 4.49. The van der Waals surface area contributed by atoms with Gasteiger partial charge in [-0.2, -0.15) is 0 Å². The Morgan fingerprint density at radius 3 is 3.00 bits per heavy atom. The molecule has 3 unspecified atom stereocenters. The van der Waals surface area contributed by atoms with E-state index in [0.717, 1.165) is 13.0 Å². The summed E-state index contributed by atoms with van der Waals surface area (Å²) in [6, 6.07) is 0.627. The van der Waals surface area contributed by atoms with Crippen LogP contribution in [0, 0.1) is 0 Å². The van der Waals surface area contributed by atoms with E-state index in [2.05, 4.69) is 10.2 Å². The molecular formula is C11H20N2O2. The summed E-state index contributed by atoms with van der Waals surface area (Å²) >= 11 is 0. The fraction of sp³-hybridized carbons (Fsp3) is 0.909. The topological polar surface area (TPSA) is 52.6 Å². The molecule has 15 heavy (non-hydrogen) atoms. The molecule has 2 fully saturated rings. The number of hydrogen-bond acceptors (Lipinski definition) is 3. The minimum Gasteiger partial charge on any atom is -0.480 e. The summed E-state index contributed by atoms with van der Waals surface area (Å²) < 4.78 is 0. The summed E-state index contributed by atoms with van der Waals surface area (Å²) in [6.45, 7) is 4.26. The van der Waals surface area contributed by atoms with Crippen molar-refractivity contribution in [2.45, 2.75) is 50.7 Å². The second-order valence-corrected chi connectivity index (χ2v) is 4.61. The molecule has 0 aliphatic carbocycles. The Balaban J connectivity index is 1.91. The van der Waals surface area contributed by atoms with Crippen molar-refractivity contribution in [1.82, 2.24) is 10.2 Å². The molecule has 0 spiro atoms. The Bertz CT molecular complexity index is 245. The van der Waals surface area contributed by atoms with Crippen molar-refractivity contribution in [3.8, 4) is 0 Å². The normalized spacial score (nSPS) is 32.9. The molecule has 0 bridgehead atoms. The predicted octanol–water partition coefficient (Wildman–Crippen LogP) is 0.676. The van der Waals surface area contributed by atoms with Crippen molar-refractivity contribution < 1.29 is 9.90 Å². The number of carboxylic acids is 1. The van der Waals surface area contributed by atoms with Gasteiger partial charge in [-0.15, -0.1) is 0 Å². The zero-order valence-electron chi connectivity index (χ0n) is 9.28. The SMILES string of the molecule is CCC(NC1CCN2CCCC12)C(=O)O. The van der Waals surface area contributed by atoms with Crippen LogP contribution in [0.1, 0.15) is 32.6 Å². The monoisotopic (exact) mass is 212 g/mol. The number of fused-ring (bicyclic) bond motifs is 1. The molecule has 0 aromatic rings. The molecule has 2 saturated heterocycles. The summed E-state index contributed by atoms with van der Waals surface area (Å²) in [5.41, 5.74) is 0. The standard InChI is InChI=1S/C11H20N2O2/c1-2-8(11(14)15)12-9-5-7-13-6-3-4-10(9)13/h8-10,12H,2-7H2,1H3,(H,14,15). The van der Waals surface area contributed by atoms with Gasteiger partial charge in [0, 0.05) is 18.6 Å². The van der Waals surface area contributed by atoms with Gasteiger partial charge in [-0.25, -0.2) is 0 Å². The Morgan fingerprint density at radius 1 is 1.53 bits per heavy atom. The zero-order valence-corrected chi connectivity index (χ0v) is 9.28. The maximum absolute atomic E-state index is 10.9. The maximum atomic E-state index is 10.9. The smallest absolute Gasteiger partial charge is 0.320 e. The van der Waals surface area contributed by atoms with E-state index in [4.69, 9.17) is 5.11 Å². The van der Waals surface area contributed by atoms with E-state index in [9.17, 15) is 4.79 Å². The highest BCUT2D eigenvalue weighted by atomic mass is 16.4. The number of hydrogen-bond donors (Lipinski definition) is 2. The van der Waals surface area contributed by atoms with E-state index in [0.29, 0.717) is 18.5 Å². The number of carboxylic acid groups (broad SMARTS) is 1. The molecule has 0 aromatic carbocycles. The van der Waals surface area contributed by atoms with Crippen LogP contribution < -0.4 is 5.32 Å². The number of nitrogens with zero attached hydrogens (tertiary/aromatic N) is 1. The van der Waals surface area contributed by atoms with E-state index in [1.165, 1.54) is 19.4 Å². The third-order valence-corrected chi connectivity index (χ3v) is 3.73. The molecular weight excluding hydrogens is 192 g/mol. The summed E-state index contributed by atoms with van der Waals surface area (Å²) in [7, 11) is 0. The molecule has 2 rings (SSSR count). The Morgan fingerprint density at radius 2 is 2.33 bits per heavy atom. The first-order valence-electron chi connectivity index (χ1n) is 5.95. The molecule has 0 radical (unpaired) electrons. The predicted molar refractivity (Wildman–Crippen MR) is 57.9 cm³/mol. The van der Waals surface area contributed by atoms with Crippen LogP contribution in [-0.2, 0) is 4.79 Å². The fourth-order valence-electron chi connectivity index (χ4n) is 2.90. The molecule has 2 aliphatic heterocycles. The van der Waals surface area contributed by atoms with Crippen molar-refractivity contribution >= 4 is 5.97 Å². The van der Waals surface area contributed by atoms with Gasteiger partial charge in [0.25, 0.3) is 0 Å². The van der Waals surface area contributed by atoms with Crippen molar-refractivity contribution in [1.29, 1.82) is 0 Å². The molecule has 2 aliphatic rings. The van der Waals surface area contributed by atoms with Crippen LogP contribution in [0.15, 0.2) is 0 Å². The average molecular weight is 212 g/mol. The van der Waals surface area contributed by atoms with Crippen LogP contribution in [0.4, 0.5) is 0 Å². The molecule has 0 saturated carbocycles. The first kappa shape index (κ1) is 10.9. The highest BCUT2D eigenvalue weighted by molar-refractivity contribution is 5.73. The molecule has 4 heteroatoms. The van der Waals surface area contributed by atoms with Gasteiger partial charge in [-0.1, -0.05) is 6.92 Å². The lowest BCUT2D eigenvalue weighted by Crippen LogP contribution is -2.47. The van der Waals surface area contributed by atoms with Gasteiger partial charge in [0.2, 0.25) is 0 Å². The highest BCUT2D eigenvalue weighted by Crippen LogP contribution is 2.28. The first-order chi connectivity index (χ1) is 7.22. The number of aliphatic carboxylic acids is 1. The molecule has 3 atom stereocenters. The molecule has 2 heterocycles. The Kier molecular flexibility index (Phi) is 3.26. The van der Waals surface area contributed by atoms with Gasteiger partial charge in [0.1, 0.15) is 6.04 Å². The van der Waals surface area contributed by atoms with Crippen LogP contribution in [0.3, 0.4) is 0 Å². The number of nitrogens with one attached hydrogen (secondary N) is 1. The largest absolute Gasteiger partial charge is 0.480 e. The molecule has 86 valence electrons. The minimum atomic E-state index is -0.714. The van der Waals surface area contributed by atoms with Crippen LogP contribution in [0.25, 0.3) is 0 Å². The van der Waals surface area contributed by atoms with Crippen LogP contribution in [0.2, 0.25) is 0 Å². The second-order valence-electron chi connectivity index (χ2n) is 4.61. The highest BCUT2D eigenvalue weighted by Gasteiger charge is 2.38. The van der Waals surface area contributed by atoms with Crippen molar-refractivity contribution in [3.05, 3.63) is 0 Å². The third kappa shape index (κ3) is 2.16. The van der Waals surface area contributed by atoms with Crippen molar-refractivity contribution in [3.63, 3.8) is 0 Å².